The third-order valence-electron chi connectivity index (χ3n) is 2.57. The zero-order valence-corrected chi connectivity index (χ0v) is 11.7. The highest BCUT2D eigenvalue weighted by atomic mass is 35.5. The second-order valence-electron chi connectivity index (χ2n) is 4.12. The fraction of sp³-hybridized carbons (Fsp3) is 0.0667. The van der Waals surface area contributed by atoms with Crippen LogP contribution in [0.1, 0.15) is 11.1 Å². The number of rotatable bonds is 4. The minimum absolute atomic E-state index is 0.00517. The van der Waals surface area contributed by atoms with Crippen molar-refractivity contribution in [3.05, 3.63) is 76.2 Å². The summed E-state index contributed by atoms with van der Waals surface area (Å²) < 4.78 is 23.9. The molecule has 0 saturated carbocycles. The molecule has 0 aliphatic carbocycles. The molecular formula is C15H13ClO2S. The second-order valence-corrected chi connectivity index (χ2v) is 6.41. The predicted octanol–water partition coefficient (Wildman–Crippen LogP) is 3.93. The molecule has 0 N–H and O–H groups in total. The van der Waals surface area contributed by atoms with Crippen LogP contribution in [0.15, 0.2) is 60.0 Å². The molecular weight excluding hydrogens is 280 g/mol. The maximum absolute atomic E-state index is 12.0. The average Bonchev–Trinajstić information content (AvgIpc) is 2.38. The molecule has 2 rings (SSSR count). The van der Waals surface area contributed by atoms with E-state index in [2.05, 4.69) is 0 Å². The van der Waals surface area contributed by atoms with Crippen LogP contribution in [0.4, 0.5) is 0 Å². The van der Waals surface area contributed by atoms with Gasteiger partial charge >= 0.3 is 0 Å². The van der Waals surface area contributed by atoms with Gasteiger partial charge in [0, 0.05) is 10.4 Å². The molecule has 0 aromatic heterocycles. The highest BCUT2D eigenvalue weighted by molar-refractivity contribution is 7.93. The number of sulfone groups is 1. The van der Waals surface area contributed by atoms with E-state index in [4.69, 9.17) is 11.6 Å². The van der Waals surface area contributed by atoms with E-state index in [1.54, 1.807) is 30.3 Å². The quantitative estimate of drug-likeness (QED) is 0.856. The van der Waals surface area contributed by atoms with E-state index >= 15 is 0 Å². The molecule has 0 aliphatic rings. The Bertz CT molecular complexity index is 676. The van der Waals surface area contributed by atoms with Gasteiger partial charge in [0.05, 0.1) is 5.75 Å². The summed E-state index contributed by atoms with van der Waals surface area (Å²) in [7, 11) is -3.29. The summed E-state index contributed by atoms with van der Waals surface area (Å²) in [6.45, 7) is 0. The molecule has 0 spiro atoms. The molecule has 2 aromatic carbocycles. The third-order valence-corrected chi connectivity index (χ3v) is 4.20. The minimum atomic E-state index is -3.29. The topological polar surface area (TPSA) is 34.1 Å². The van der Waals surface area contributed by atoms with Gasteiger partial charge in [-0.3, -0.25) is 0 Å². The lowest BCUT2D eigenvalue weighted by Gasteiger charge is -2.00. The summed E-state index contributed by atoms with van der Waals surface area (Å²) >= 11 is 5.97. The van der Waals surface area contributed by atoms with Gasteiger partial charge in [-0.2, -0.15) is 0 Å². The van der Waals surface area contributed by atoms with Crippen LogP contribution in [0, 0.1) is 0 Å². The maximum Gasteiger partial charge on any atom is 0.175 e. The third kappa shape index (κ3) is 4.23. The highest BCUT2D eigenvalue weighted by Crippen LogP contribution is 2.17. The maximum atomic E-state index is 12.0. The number of halogens is 1. The van der Waals surface area contributed by atoms with Gasteiger partial charge in [-0.25, -0.2) is 8.42 Å². The Balaban J connectivity index is 2.16. The molecule has 2 nitrogen and oxygen atoms in total. The van der Waals surface area contributed by atoms with Crippen molar-refractivity contribution in [1.29, 1.82) is 0 Å². The fourth-order valence-corrected chi connectivity index (χ4v) is 2.95. The molecule has 0 amide bonds. The van der Waals surface area contributed by atoms with E-state index in [0.29, 0.717) is 10.6 Å². The minimum Gasteiger partial charge on any atom is -0.224 e. The fourth-order valence-electron chi connectivity index (χ4n) is 1.64. The average molecular weight is 293 g/mol. The van der Waals surface area contributed by atoms with Crippen molar-refractivity contribution in [2.75, 3.05) is 0 Å². The first kappa shape index (κ1) is 13.8. The van der Waals surface area contributed by atoms with Crippen LogP contribution in [-0.2, 0) is 15.6 Å². The van der Waals surface area contributed by atoms with E-state index in [-0.39, 0.29) is 5.75 Å². The summed E-state index contributed by atoms with van der Waals surface area (Å²) in [6.07, 6.45) is 1.53. The molecule has 0 aliphatic heterocycles. The SMILES string of the molecule is O=S(=O)(C=Cc1ccccc1Cl)Cc1ccccc1. The van der Waals surface area contributed by atoms with Gasteiger partial charge in [-0.05, 0) is 23.3 Å². The lowest BCUT2D eigenvalue weighted by Crippen LogP contribution is -1.99. The summed E-state index contributed by atoms with van der Waals surface area (Å²) in [5, 5.41) is 1.75. The largest absolute Gasteiger partial charge is 0.224 e. The lowest BCUT2D eigenvalue weighted by atomic mass is 10.2. The molecule has 0 bridgehead atoms. The number of hydrogen-bond donors (Lipinski definition) is 0. The van der Waals surface area contributed by atoms with Crippen LogP contribution in [0.25, 0.3) is 6.08 Å². The molecule has 0 unspecified atom stereocenters. The molecule has 0 saturated heterocycles. The zero-order chi connectivity index (χ0) is 13.7. The first-order chi connectivity index (χ1) is 9.07. The molecule has 2 aromatic rings. The summed E-state index contributed by atoms with van der Waals surface area (Å²) in [4.78, 5) is 0. The van der Waals surface area contributed by atoms with E-state index in [0.717, 1.165) is 5.56 Å². The monoisotopic (exact) mass is 292 g/mol. The Morgan fingerprint density at radius 1 is 0.947 bits per heavy atom. The Morgan fingerprint density at radius 2 is 1.58 bits per heavy atom. The molecule has 4 heteroatoms. The van der Waals surface area contributed by atoms with Gasteiger partial charge in [0.1, 0.15) is 0 Å². The van der Waals surface area contributed by atoms with Gasteiger partial charge in [-0.1, -0.05) is 60.1 Å². The lowest BCUT2D eigenvalue weighted by molar-refractivity contribution is 0.604. The van der Waals surface area contributed by atoms with Crippen molar-refractivity contribution in [2.24, 2.45) is 0 Å². The van der Waals surface area contributed by atoms with Crippen molar-refractivity contribution in [3.63, 3.8) is 0 Å². The number of hydrogen-bond acceptors (Lipinski definition) is 2. The molecule has 0 heterocycles. The van der Waals surface area contributed by atoms with Crippen LogP contribution in [0.5, 0.6) is 0 Å². The standard InChI is InChI=1S/C15H13ClO2S/c16-15-9-5-4-8-14(15)10-11-19(17,18)12-13-6-2-1-3-7-13/h1-11H,12H2. The van der Waals surface area contributed by atoms with E-state index in [9.17, 15) is 8.42 Å². The van der Waals surface area contributed by atoms with Crippen LogP contribution in [0.3, 0.4) is 0 Å². The van der Waals surface area contributed by atoms with Crippen molar-refractivity contribution in [1.82, 2.24) is 0 Å². The van der Waals surface area contributed by atoms with Crippen LogP contribution in [0.2, 0.25) is 5.02 Å². The Labute approximate surface area is 118 Å². The van der Waals surface area contributed by atoms with Gasteiger partial charge < -0.3 is 0 Å². The van der Waals surface area contributed by atoms with Gasteiger partial charge in [0.2, 0.25) is 0 Å². The summed E-state index contributed by atoms with van der Waals surface area (Å²) in [6, 6.07) is 16.2. The summed E-state index contributed by atoms with van der Waals surface area (Å²) in [5.74, 6) is -0.00517. The molecule has 0 fully saturated rings. The van der Waals surface area contributed by atoms with Gasteiger partial charge in [0.15, 0.2) is 9.84 Å². The van der Waals surface area contributed by atoms with Crippen LogP contribution in [-0.4, -0.2) is 8.42 Å². The van der Waals surface area contributed by atoms with Crippen molar-refractivity contribution in [2.45, 2.75) is 5.75 Å². The van der Waals surface area contributed by atoms with Crippen molar-refractivity contribution in [3.8, 4) is 0 Å². The highest BCUT2D eigenvalue weighted by Gasteiger charge is 2.07. The Morgan fingerprint density at radius 3 is 2.26 bits per heavy atom. The Hall–Kier alpha value is -1.58. The smallest absolute Gasteiger partial charge is 0.175 e. The Kier molecular flexibility index (Phi) is 4.40. The van der Waals surface area contributed by atoms with Crippen LogP contribution < -0.4 is 0 Å². The van der Waals surface area contributed by atoms with Crippen molar-refractivity contribution < 1.29 is 8.42 Å². The summed E-state index contributed by atoms with van der Waals surface area (Å²) in [5.41, 5.74) is 1.46. The normalized spacial score (nSPS) is 11.8. The van der Waals surface area contributed by atoms with E-state index in [1.165, 1.54) is 11.5 Å². The van der Waals surface area contributed by atoms with Gasteiger partial charge in [-0.15, -0.1) is 0 Å². The van der Waals surface area contributed by atoms with Crippen molar-refractivity contribution >= 4 is 27.5 Å². The molecule has 19 heavy (non-hydrogen) atoms. The molecule has 98 valence electrons. The zero-order valence-electron chi connectivity index (χ0n) is 10.2. The molecule has 0 atom stereocenters. The van der Waals surface area contributed by atoms with Gasteiger partial charge in [0.25, 0.3) is 0 Å². The second kappa shape index (κ2) is 6.04. The predicted molar refractivity (Wildman–Crippen MR) is 79.6 cm³/mol. The first-order valence-electron chi connectivity index (χ1n) is 5.76. The van der Waals surface area contributed by atoms with Crippen LogP contribution >= 0.6 is 11.6 Å². The number of benzene rings is 2. The molecule has 0 radical (unpaired) electrons. The first-order valence-corrected chi connectivity index (χ1v) is 7.85. The van der Waals surface area contributed by atoms with E-state index < -0.39 is 9.84 Å². The van der Waals surface area contributed by atoms with E-state index in [1.807, 2.05) is 24.3 Å².